The molecule has 1 heterocycles. The number of carbonyl (C=O) groups excluding carboxylic acids is 1. The first-order valence-electron chi connectivity index (χ1n) is 4.21. The number of cyclic esters (lactones) is 2. The molecule has 0 aromatic heterocycles. The molecule has 0 amide bonds. The molecule has 1 saturated heterocycles. The Bertz CT molecular complexity index is 541. The summed E-state index contributed by atoms with van der Waals surface area (Å²) in [6, 6.07) is 0. The van der Waals surface area contributed by atoms with E-state index in [2.05, 4.69) is 13.7 Å². The molecule has 1 fully saturated rings. The summed E-state index contributed by atoms with van der Waals surface area (Å²) in [4.78, 5) is 10.4. The Kier molecular flexibility index (Phi) is 4.28. The summed E-state index contributed by atoms with van der Waals surface area (Å²) in [6.07, 6.45) is -2.62. The number of alkyl halides is 3. The van der Waals surface area contributed by atoms with Crippen LogP contribution in [0.15, 0.2) is 0 Å². The van der Waals surface area contributed by atoms with E-state index in [0.29, 0.717) is 0 Å². The second kappa shape index (κ2) is 5.10. The zero-order valence-electron chi connectivity index (χ0n) is 8.66. The quantitative estimate of drug-likeness (QED) is 0.660. The Morgan fingerprint density at radius 2 is 1.63 bits per heavy atom. The second-order valence-corrected chi connectivity index (χ2v) is 6.07. The van der Waals surface area contributed by atoms with Crippen molar-refractivity contribution in [3.05, 3.63) is 4.13 Å². The minimum Gasteiger partial charge on any atom is -0.431 e. The molecule has 1 rings (SSSR count). The summed E-state index contributed by atoms with van der Waals surface area (Å²) in [5, 5.41) is 0. The average molecular weight is 328 g/mol. The van der Waals surface area contributed by atoms with Gasteiger partial charge in [-0.05, 0) is 0 Å². The molecule has 0 unspecified atom stereocenters. The van der Waals surface area contributed by atoms with Crippen molar-refractivity contribution >= 4 is 26.5 Å². The van der Waals surface area contributed by atoms with Crippen LogP contribution in [0, 0.1) is 0 Å². The normalized spacial score (nSPS) is 18.8. The fraction of sp³-hybridized carbons (Fsp3) is 0.800. The van der Waals surface area contributed by atoms with E-state index in [-0.39, 0.29) is 0 Å². The molecule has 14 heteroatoms. The molecule has 0 aromatic rings. The van der Waals surface area contributed by atoms with Crippen LogP contribution in [0.5, 0.6) is 0 Å². The first kappa shape index (κ1) is 15.9. The van der Waals surface area contributed by atoms with Crippen LogP contribution in [-0.2, 0) is 34.0 Å². The van der Waals surface area contributed by atoms with E-state index in [0.717, 1.165) is 0 Å². The van der Waals surface area contributed by atoms with E-state index < -0.39 is 51.3 Å². The predicted octanol–water partition coefficient (Wildman–Crippen LogP) is 0.00650. The first-order valence-corrected chi connectivity index (χ1v) is 7.02. The molecular formula is C5H5F3NO8S2-. The van der Waals surface area contributed by atoms with Gasteiger partial charge in [-0.1, -0.05) is 0 Å². The lowest BCUT2D eigenvalue weighted by Crippen LogP contribution is -2.36. The van der Waals surface area contributed by atoms with Crippen LogP contribution in [0.2, 0.25) is 0 Å². The molecule has 0 spiro atoms. The van der Waals surface area contributed by atoms with Crippen molar-refractivity contribution < 1.29 is 48.5 Å². The number of rotatable bonds is 4. The SMILES string of the molecule is O=C1OCC(OS(=O)(=O)[N-]S(=O)(=O)C(F)(F)F)CO1. The van der Waals surface area contributed by atoms with Gasteiger partial charge in [0.15, 0.2) is 10.0 Å². The standard InChI is InChI=1S/C5H5F3NO8S2/c6-5(7,8)18(11,12)9-19(13,14)17-3-1-15-4(10)16-2-3/h3H,1-2H2/q-1. The van der Waals surface area contributed by atoms with Gasteiger partial charge >= 0.3 is 11.7 Å². The highest BCUT2D eigenvalue weighted by Crippen LogP contribution is 2.30. The van der Waals surface area contributed by atoms with Gasteiger partial charge in [0.2, 0.25) is 10.3 Å². The van der Waals surface area contributed by atoms with Crippen molar-refractivity contribution in [3.63, 3.8) is 0 Å². The van der Waals surface area contributed by atoms with E-state index >= 15 is 0 Å². The van der Waals surface area contributed by atoms with Gasteiger partial charge in [-0.2, -0.15) is 13.2 Å². The van der Waals surface area contributed by atoms with Crippen LogP contribution < -0.4 is 0 Å². The van der Waals surface area contributed by atoms with Gasteiger partial charge in [0.1, 0.15) is 19.3 Å². The van der Waals surface area contributed by atoms with Gasteiger partial charge in [-0.15, -0.1) is 0 Å². The van der Waals surface area contributed by atoms with E-state index in [9.17, 15) is 34.8 Å². The lowest BCUT2D eigenvalue weighted by molar-refractivity contribution is -0.0430. The van der Waals surface area contributed by atoms with Crippen molar-refractivity contribution in [2.24, 2.45) is 0 Å². The highest BCUT2D eigenvalue weighted by molar-refractivity contribution is 8.10. The van der Waals surface area contributed by atoms with Gasteiger partial charge < -0.3 is 13.6 Å². The molecular weight excluding hydrogens is 323 g/mol. The molecule has 0 bridgehead atoms. The number of carbonyl (C=O) groups is 1. The molecule has 0 aliphatic carbocycles. The zero-order valence-corrected chi connectivity index (χ0v) is 10.3. The van der Waals surface area contributed by atoms with E-state index in [1.54, 1.807) is 4.13 Å². The molecule has 1 aliphatic rings. The summed E-state index contributed by atoms with van der Waals surface area (Å²) in [7, 11) is -11.6. The van der Waals surface area contributed by atoms with Crippen LogP contribution in [0.1, 0.15) is 0 Å². The van der Waals surface area contributed by atoms with Crippen molar-refractivity contribution in [3.8, 4) is 0 Å². The molecule has 1 aliphatic heterocycles. The minimum absolute atomic E-state index is 0.639. The number of sulfonamides is 1. The number of hydrogen-bond donors (Lipinski definition) is 0. The van der Waals surface area contributed by atoms with Crippen LogP contribution in [0.25, 0.3) is 4.13 Å². The van der Waals surface area contributed by atoms with Crippen molar-refractivity contribution in [2.45, 2.75) is 11.6 Å². The molecule has 0 atom stereocenters. The van der Waals surface area contributed by atoms with Crippen LogP contribution in [-0.4, -0.2) is 47.8 Å². The second-order valence-electron chi connectivity index (χ2n) is 3.01. The minimum atomic E-state index is -6.25. The fourth-order valence-corrected chi connectivity index (χ4v) is 2.71. The van der Waals surface area contributed by atoms with Crippen molar-refractivity contribution in [1.29, 1.82) is 0 Å². The van der Waals surface area contributed by atoms with Crippen molar-refractivity contribution in [2.75, 3.05) is 13.2 Å². The van der Waals surface area contributed by atoms with E-state index in [1.807, 2.05) is 0 Å². The van der Waals surface area contributed by atoms with E-state index in [4.69, 9.17) is 0 Å². The molecule has 19 heavy (non-hydrogen) atoms. The molecule has 0 radical (unpaired) electrons. The molecule has 0 N–H and O–H groups in total. The monoisotopic (exact) mass is 328 g/mol. The summed E-state index contributed by atoms with van der Waals surface area (Å²) >= 11 is 0. The third kappa shape index (κ3) is 4.48. The Morgan fingerprint density at radius 3 is 2.05 bits per heavy atom. The van der Waals surface area contributed by atoms with Gasteiger partial charge in [0.25, 0.3) is 0 Å². The highest BCUT2D eigenvalue weighted by atomic mass is 32.3. The average Bonchev–Trinajstić information content (AvgIpc) is 2.17. The Morgan fingerprint density at radius 1 is 1.16 bits per heavy atom. The smallest absolute Gasteiger partial charge is 0.431 e. The summed E-state index contributed by atoms with van der Waals surface area (Å²) in [5.41, 5.74) is -5.88. The maximum Gasteiger partial charge on any atom is 0.508 e. The topological polar surface area (TPSA) is 127 Å². The summed E-state index contributed by atoms with van der Waals surface area (Å²) < 4.78 is 92.6. The Hall–Kier alpha value is -1.12. The zero-order chi connectivity index (χ0) is 14.9. The largest absolute Gasteiger partial charge is 0.508 e. The highest BCUT2D eigenvalue weighted by Gasteiger charge is 2.41. The van der Waals surface area contributed by atoms with Crippen LogP contribution in [0.3, 0.4) is 0 Å². The maximum atomic E-state index is 11.9. The first-order chi connectivity index (χ1) is 8.43. The molecule has 0 aromatic carbocycles. The maximum absolute atomic E-state index is 11.9. The van der Waals surface area contributed by atoms with Gasteiger partial charge in [0.05, 0.1) is 0 Å². The number of halogens is 3. The molecule has 112 valence electrons. The van der Waals surface area contributed by atoms with Crippen LogP contribution >= 0.6 is 0 Å². The fourth-order valence-electron chi connectivity index (χ4n) is 0.819. The van der Waals surface area contributed by atoms with E-state index in [1.165, 1.54) is 0 Å². The lowest BCUT2D eigenvalue weighted by atomic mass is 10.4. The Balaban J connectivity index is 2.70. The van der Waals surface area contributed by atoms with Gasteiger partial charge in [-0.3, -0.25) is 4.18 Å². The number of ether oxygens (including phenoxy) is 2. The third-order valence-electron chi connectivity index (χ3n) is 1.51. The van der Waals surface area contributed by atoms with Gasteiger partial charge in [-0.25, -0.2) is 21.6 Å². The molecule has 9 nitrogen and oxygen atoms in total. The number of nitrogens with zero attached hydrogens (tertiary/aromatic N) is 1. The van der Waals surface area contributed by atoms with Gasteiger partial charge in [0, 0.05) is 0 Å². The predicted molar refractivity (Wildman–Crippen MR) is 49.4 cm³/mol. The summed E-state index contributed by atoms with van der Waals surface area (Å²) in [6.45, 7) is -1.28. The van der Waals surface area contributed by atoms with Crippen molar-refractivity contribution in [1.82, 2.24) is 0 Å². The lowest BCUT2D eigenvalue weighted by Gasteiger charge is -2.26. The number of hydrogen-bond acceptors (Lipinski definition) is 8. The third-order valence-corrected chi connectivity index (χ3v) is 4.13. The molecule has 0 saturated carbocycles. The summed E-state index contributed by atoms with van der Waals surface area (Å²) in [5.74, 6) is 0. The van der Waals surface area contributed by atoms with Crippen LogP contribution in [0.4, 0.5) is 18.0 Å². The Labute approximate surface area is 104 Å².